The van der Waals surface area contributed by atoms with Crippen LogP contribution in [0.25, 0.3) is 0 Å². The molecular weight excluding hydrogens is 256 g/mol. The van der Waals surface area contributed by atoms with Crippen LogP contribution in [0.3, 0.4) is 0 Å². The molecule has 0 aromatic carbocycles. The first-order valence-corrected chi connectivity index (χ1v) is 7.72. The van der Waals surface area contributed by atoms with E-state index in [1.54, 1.807) is 0 Å². The molecule has 1 unspecified atom stereocenters. The van der Waals surface area contributed by atoms with E-state index in [0.29, 0.717) is 19.6 Å². The molecule has 2 amide bonds. The number of piperidine rings is 1. The monoisotopic (exact) mass is 282 g/mol. The molecule has 1 saturated heterocycles. The highest BCUT2D eigenvalue weighted by Crippen LogP contribution is 2.19. The van der Waals surface area contributed by atoms with Gasteiger partial charge in [-0.15, -0.1) is 0 Å². The molecule has 20 heavy (non-hydrogen) atoms. The molecule has 0 aromatic heterocycles. The van der Waals surface area contributed by atoms with Crippen molar-refractivity contribution in [3.63, 3.8) is 0 Å². The first-order chi connectivity index (χ1) is 9.81. The number of aliphatic hydroxyl groups excluding tert-OH is 1. The van der Waals surface area contributed by atoms with Crippen LogP contribution in [-0.2, 0) is 4.74 Å². The van der Waals surface area contributed by atoms with Crippen molar-refractivity contribution in [2.45, 2.75) is 44.6 Å². The average Bonchev–Trinajstić information content (AvgIpc) is 2.49. The van der Waals surface area contributed by atoms with Gasteiger partial charge in [-0.3, -0.25) is 0 Å². The number of aliphatic hydroxyl groups is 1. The first kappa shape index (κ1) is 15.3. The van der Waals surface area contributed by atoms with Gasteiger partial charge in [0.15, 0.2) is 0 Å². The molecule has 1 fully saturated rings. The van der Waals surface area contributed by atoms with E-state index >= 15 is 0 Å². The number of carbonyl (C=O) groups is 1. The maximum Gasteiger partial charge on any atom is 0.317 e. The molecule has 5 nitrogen and oxygen atoms in total. The van der Waals surface area contributed by atoms with Crippen molar-refractivity contribution in [1.29, 1.82) is 0 Å². The zero-order valence-electron chi connectivity index (χ0n) is 12.1. The lowest BCUT2D eigenvalue weighted by Gasteiger charge is -2.35. The van der Waals surface area contributed by atoms with E-state index < -0.39 is 0 Å². The Kier molecular flexibility index (Phi) is 6.33. The molecule has 2 aliphatic rings. The molecule has 0 aromatic rings. The van der Waals surface area contributed by atoms with E-state index in [2.05, 4.69) is 11.4 Å². The largest absolute Gasteiger partial charge is 0.396 e. The van der Waals surface area contributed by atoms with Crippen molar-refractivity contribution in [2.24, 2.45) is 0 Å². The topological polar surface area (TPSA) is 61.8 Å². The Morgan fingerprint density at radius 2 is 2.40 bits per heavy atom. The Hall–Kier alpha value is -1.07. The Balaban J connectivity index is 1.73. The molecule has 0 spiro atoms. The number of hydrogen-bond donors (Lipinski definition) is 2. The second-order valence-corrected chi connectivity index (χ2v) is 5.52. The average molecular weight is 282 g/mol. The van der Waals surface area contributed by atoms with Crippen molar-refractivity contribution < 1.29 is 14.6 Å². The Morgan fingerprint density at radius 3 is 3.15 bits per heavy atom. The second kappa shape index (κ2) is 8.27. The summed E-state index contributed by atoms with van der Waals surface area (Å²) in [6.07, 6.45) is 7.93. The molecule has 0 saturated carbocycles. The van der Waals surface area contributed by atoms with Crippen LogP contribution in [0.2, 0.25) is 0 Å². The van der Waals surface area contributed by atoms with Gasteiger partial charge < -0.3 is 20.1 Å². The van der Waals surface area contributed by atoms with Crippen LogP contribution in [-0.4, -0.2) is 55.0 Å². The van der Waals surface area contributed by atoms with Gasteiger partial charge in [0, 0.05) is 25.7 Å². The summed E-state index contributed by atoms with van der Waals surface area (Å²) >= 11 is 0. The van der Waals surface area contributed by atoms with Crippen molar-refractivity contribution in [2.75, 3.05) is 32.9 Å². The fourth-order valence-electron chi connectivity index (χ4n) is 2.94. The van der Waals surface area contributed by atoms with Crippen LogP contribution in [0, 0.1) is 0 Å². The summed E-state index contributed by atoms with van der Waals surface area (Å²) in [4.78, 5) is 14.1. The van der Waals surface area contributed by atoms with Gasteiger partial charge in [0.2, 0.25) is 0 Å². The highest BCUT2D eigenvalue weighted by molar-refractivity contribution is 5.74. The second-order valence-electron chi connectivity index (χ2n) is 5.52. The summed E-state index contributed by atoms with van der Waals surface area (Å²) in [5.41, 5.74) is 1.38. The van der Waals surface area contributed by atoms with Crippen LogP contribution < -0.4 is 5.32 Å². The molecule has 0 aliphatic carbocycles. The van der Waals surface area contributed by atoms with Gasteiger partial charge in [0.05, 0.1) is 13.2 Å². The molecule has 2 aliphatic heterocycles. The minimum Gasteiger partial charge on any atom is -0.396 e. The predicted octanol–water partition coefficient (Wildman–Crippen LogP) is 1.67. The van der Waals surface area contributed by atoms with E-state index in [9.17, 15) is 4.79 Å². The molecule has 2 heterocycles. The lowest BCUT2D eigenvalue weighted by atomic mass is 10.00. The van der Waals surface area contributed by atoms with Gasteiger partial charge >= 0.3 is 6.03 Å². The molecule has 0 radical (unpaired) electrons. The third-order valence-corrected chi connectivity index (χ3v) is 4.13. The minimum absolute atomic E-state index is 0.0239. The van der Waals surface area contributed by atoms with Crippen molar-refractivity contribution in [3.05, 3.63) is 11.6 Å². The Morgan fingerprint density at radius 1 is 1.50 bits per heavy atom. The van der Waals surface area contributed by atoms with E-state index in [1.807, 2.05) is 4.90 Å². The molecule has 2 rings (SSSR count). The number of rotatable bonds is 5. The zero-order chi connectivity index (χ0) is 14.2. The van der Waals surface area contributed by atoms with E-state index in [1.165, 1.54) is 5.57 Å². The smallest absolute Gasteiger partial charge is 0.317 e. The normalized spacial score (nSPS) is 23.4. The number of carbonyl (C=O) groups excluding carboxylic acids is 1. The number of amides is 2. The Bertz CT molecular complexity index is 342. The summed E-state index contributed by atoms with van der Waals surface area (Å²) in [6, 6.07) is 0.229. The van der Waals surface area contributed by atoms with Crippen LogP contribution in [0.1, 0.15) is 38.5 Å². The van der Waals surface area contributed by atoms with Gasteiger partial charge in [0.25, 0.3) is 0 Å². The quantitative estimate of drug-likeness (QED) is 0.754. The van der Waals surface area contributed by atoms with Crippen LogP contribution in [0.4, 0.5) is 4.79 Å². The predicted molar refractivity (Wildman–Crippen MR) is 77.6 cm³/mol. The summed E-state index contributed by atoms with van der Waals surface area (Å²) < 4.78 is 5.27. The summed E-state index contributed by atoms with van der Waals surface area (Å²) in [5, 5.41) is 12.1. The molecule has 0 bridgehead atoms. The molecular formula is C15H26N2O3. The standard InChI is InChI=1S/C15H26N2O3/c18-10-5-14-3-1-2-9-17(14)15(19)16-8-4-13-6-11-20-12-7-13/h6,14,18H,1-5,7-12H2,(H,16,19). The fourth-order valence-corrected chi connectivity index (χ4v) is 2.94. The van der Waals surface area contributed by atoms with Crippen molar-refractivity contribution in [1.82, 2.24) is 10.2 Å². The number of likely N-dealkylation sites (tertiary alicyclic amines) is 1. The van der Waals surface area contributed by atoms with Crippen LogP contribution >= 0.6 is 0 Å². The maximum atomic E-state index is 12.2. The lowest BCUT2D eigenvalue weighted by Crippen LogP contribution is -2.49. The number of hydrogen-bond acceptors (Lipinski definition) is 3. The number of ether oxygens (including phenoxy) is 1. The third-order valence-electron chi connectivity index (χ3n) is 4.13. The van der Waals surface area contributed by atoms with Crippen LogP contribution in [0.5, 0.6) is 0 Å². The number of nitrogens with zero attached hydrogens (tertiary/aromatic N) is 1. The summed E-state index contributed by atoms with van der Waals surface area (Å²) in [7, 11) is 0. The SMILES string of the molecule is O=C(NCCC1=CCOCC1)N1CCCCC1CCO. The molecule has 1 atom stereocenters. The van der Waals surface area contributed by atoms with Gasteiger partial charge in [-0.2, -0.15) is 0 Å². The zero-order valence-corrected chi connectivity index (χ0v) is 12.1. The fraction of sp³-hybridized carbons (Fsp3) is 0.800. The first-order valence-electron chi connectivity index (χ1n) is 7.72. The molecule has 2 N–H and O–H groups in total. The van der Waals surface area contributed by atoms with E-state index in [4.69, 9.17) is 9.84 Å². The van der Waals surface area contributed by atoms with Crippen molar-refractivity contribution >= 4 is 6.03 Å². The molecule has 5 heteroatoms. The third kappa shape index (κ3) is 4.49. The minimum atomic E-state index is 0.0239. The van der Waals surface area contributed by atoms with E-state index in [-0.39, 0.29) is 18.7 Å². The van der Waals surface area contributed by atoms with Crippen LogP contribution in [0.15, 0.2) is 11.6 Å². The number of nitrogens with one attached hydrogen (secondary N) is 1. The molecule has 114 valence electrons. The van der Waals surface area contributed by atoms with E-state index in [0.717, 1.165) is 45.3 Å². The van der Waals surface area contributed by atoms with Gasteiger partial charge in [0.1, 0.15) is 0 Å². The van der Waals surface area contributed by atoms with Crippen molar-refractivity contribution in [3.8, 4) is 0 Å². The van der Waals surface area contributed by atoms with Gasteiger partial charge in [-0.1, -0.05) is 11.6 Å². The number of urea groups is 1. The lowest BCUT2D eigenvalue weighted by molar-refractivity contribution is 0.132. The van der Waals surface area contributed by atoms with Gasteiger partial charge in [-0.25, -0.2) is 4.79 Å². The maximum absolute atomic E-state index is 12.2. The highest BCUT2D eigenvalue weighted by atomic mass is 16.5. The highest BCUT2D eigenvalue weighted by Gasteiger charge is 2.25. The Labute approximate surface area is 121 Å². The summed E-state index contributed by atoms with van der Waals surface area (Å²) in [6.45, 7) is 3.15. The van der Waals surface area contributed by atoms with Gasteiger partial charge in [-0.05, 0) is 38.5 Å². The summed E-state index contributed by atoms with van der Waals surface area (Å²) in [5.74, 6) is 0.